The van der Waals surface area contributed by atoms with Crippen molar-refractivity contribution in [1.82, 2.24) is 4.98 Å². The van der Waals surface area contributed by atoms with Crippen LogP contribution < -0.4 is 4.74 Å². The number of nitrogens with zero attached hydrogens (tertiary/aromatic N) is 1. The highest BCUT2D eigenvalue weighted by atomic mass is 19.3. The minimum atomic E-state index is -3.25. The standard InChI is InChI=1S/C11H13F2NO3/c1-3-16-10(15)6-8-4-5-9(7-14-8)17-11(2,12)13/h4-5,7H,3,6H2,1-2H3. The summed E-state index contributed by atoms with van der Waals surface area (Å²) in [6.07, 6.45) is -2.09. The van der Waals surface area contributed by atoms with Crippen LogP contribution in [0, 0.1) is 0 Å². The first-order valence-corrected chi connectivity index (χ1v) is 5.08. The number of ether oxygens (including phenoxy) is 2. The van der Waals surface area contributed by atoms with Crippen molar-refractivity contribution in [3.8, 4) is 5.75 Å². The zero-order chi connectivity index (χ0) is 12.9. The quantitative estimate of drug-likeness (QED) is 0.746. The van der Waals surface area contributed by atoms with Crippen LogP contribution in [0.25, 0.3) is 0 Å². The van der Waals surface area contributed by atoms with Gasteiger partial charge in [0.05, 0.1) is 24.9 Å². The van der Waals surface area contributed by atoms with Crippen molar-refractivity contribution < 1.29 is 23.0 Å². The molecule has 0 bridgehead atoms. The average molecular weight is 245 g/mol. The van der Waals surface area contributed by atoms with E-state index in [1.807, 2.05) is 0 Å². The molecule has 1 heterocycles. The lowest BCUT2D eigenvalue weighted by atomic mass is 10.3. The largest absolute Gasteiger partial charge is 0.466 e. The van der Waals surface area contributed by atoms with Crippen LogP contribution in [0.2, 0.25) is 0 Å². The highest BCUT2D eigenvalue weighted by molar-refractivity contribution is 5.71. The van der Waals surface area contributed by atoms with E-state index in [-0.39, 0.29) is 12.2 Å². The summed E-state index contributed by atoms with van der Waals surface area (Å²) in [7, 11) is 0. The number of carbonyl (C=O) groups is 1. The number of aromatic nitrogens is 1. The lowest BCUT2D eigenvalue weighted by Crippen LogP contribution is -2.19. The van der Waals surface area contributed by atoms with Gasteiger partial charge in [-0.05, 0) is 19.1 Å². The Morgan fingerprint density at radius 1 is 1.47 bits per heavy atom. The normalized spacial score (nSPS) is 11.1. The Morgan fingerprint density at radius 2 is 2.18 bits per heavy atom. The highest BCUT2D eigenvalue weighted by Crippen LogP contribution is 2.19. The van der Waals surface area contributed by atoms with E-state index in [2.05, 4.69) is 9.72 Å². The number of hydrogen-bond acceptors (Lipinski definition) is 4. The van der Waals surface area contributed by atoms with Crippen molar-refractivity contribution in [3.63, 3.8) is 0 Å². The van der Waals surface area contributed by atoms with Gasteiger partial charge in [0.15, 0.2) is 0 Å². The molecular weight excluding hydrogens is 232 g/mol. The topological polar surface area (TPSA) is 48.4 Å². The highest BCUT2D eigenvalue weighted by Gasteiger charge is 2.23. The number of carbonyl (C=O) groups excluding carboxylic acids is 1. The number of halogens is 2. The van der Waals surface area contributed by atoms with Gasteiger partial charge in [0.1, 0.15) is 5.75 Å². The molecule has 6 heteroatoms. The summed E-state index contributed by atoms with van der Waals surface area (Å²) in [6, 6.07) is 2.77. The molecule has 17 heavy (non-hydrogen) atoms. The molecular formula is C11H13F2NO3. The van der Waals surface area contributed by atoms with Crippen LogP contribution in [0.15, 0.2) is 18.3 Å². The SMILES string of the molecule is CCOC(=O)Cc1ccc(OC(C)(F)F)cn1. The van der Waals surface area contributed by atoms with Crippen LogP contribution >= 0.6 is 0 Å². The third kappa shape index (κ3) is 5.24. The minimum Gasteiger partial charge on any atom is -0.466 e. The summed E-state index contributed by atoms with van der Waals surface area (Å²) in [4.78, 5) is 14.9. The summed E-state index contributed by atoms with van der Waals surface area (Å²) in [6.45, 7) is 2.63. The van der Waals surface area contributed by atoms with Gasteiger partial charge in [0, 0.05) is 6.92 Å². The molecule has 0 amide bonds. The number of esters is 1. The van der Waals surface area contributed by atoms with Gasteiger partial charge in [-0.25, -0.2) is 0 Å². The molecule has 1 aromatic rings. The zero-order valence-corrected chi connectivity index (χ0v) is 9.57. The second-order valence-electron chi connectivity index (χ2n) is 3.38. The van der Waals surface area contributed by atoms with Gasteiger partial charge in [0.2, 0.25) is 0 Å². The third-order valence-electron chi connectivity index (χ3n) is 1.73. The van der Waals surface area contributed by atoms with E-state index in [0.717, 1.165) is 6.20 Å². The maximum Gasteiger partial charge on any atom is 0.394 e. The van der Waals surface area contributed by atoms with Crippen molar-refractivity contribution in [1.29, 1.82) is 0 Å². The molecule has 0 aromatic carbocycles. The van der Waals surface area contributed by atoms with Crippen LogP contribution in [0.4, 0.5) is 8.78 Å². The van der Waals surface area contributed by atoms with Gasteiger partial charge in [-0.1, -0.05) is 0 Å². The molecule has 0 saturated carbocycles. The van der Waals surface area contributed by atoms with Gasteiger partial charge in [-0.3, -0.25) is 9.78 Å². The summed E-state index contributed by atoms with van der Waals surface area (Å²) in [5.41, 5.74) is 0.440. The second kappa shape index (κ2) is 5.56. The Bertz CT molecular complexity index is 373. The first-order chi connectivity index (χ1) is 7.90. The van der Waals surface area contributed by atoms with Crippen LogP contribution in [0.1, 0.15) is 19.5 Å². The molecule has 94 valence electrons. The second-order valence-corrected chi connectivity index (χ2v) is 3.38. The summed E-state index contributed by atoms with van der Waals surface area (Å²) in [5, 5.41) is 0. The van der Waals surface area contributed by atoms with Crippen LogP contribution in [-0.4, -0.2) is 23.7 Å². The summed E-state index contributed by atoms with van der Waals surface area (Å²) < 4.78 is 34.0. The average Bonchev–Trinajstić information content (AvgIpc) is 2.19. The predicted molar refractivity (Wildman–Crippen MR) is 55.8 cm³/mol. The van der Waals surface area contributed by atoms with Gasteiger partial charge in [-0.2, -0.15) is 8.78 Å². The smallest absolute Gasteiger partial charge is 0.394 e. The van der Waals surface area contributed by atoms with E-state index >= 15 is 0 Å². The molecule has 1 aromatic heterocycles. The van der Waals surface area contributed by atoms with Crippen molar-refractivity contribution in [3.05, 3.63) is 24.0 Å². The monoisotopic (exact) mass is 245 g/mol. The van der Waals surface area contributed by atoms with Crippen LogP contribution in [0.5, 0.6) is 5.75 Å². The van der Waals surface area contributed by atoms with Gasteiger partial charge >= 0.3 is 12.1 Å². The molecule has 0 fully saturated rings. The first kappa shape index (κ1) is 13.3. The molecule has 0 atom stereocenters. The molecule has 0 unspecified atom stereocenters. The summed E-state index contributed by atoms with van der Waals surface area (Å²) in [5.74, 6) is -0.459. The first-order valence-electron chi connectivity index (χ1n) is 5.08. The van der Waals surface area contributed by atoms with Gasteiger partial charge in [0.25, 0.3) is 0 Å². The molecule has 0 aliphatic heterocycles. The lowest BCUT2D eigenvalue weighted by molar-refractivity contribution is -0.159. The predicted octanol–water partition coefficient (Wildman–Crippen LogP) is 2.18. The molecule has 0 N–H and O–H groups in total. The zero-order valence-electron chi connectivity index (χ0n) is 9.57. The maximum absolute atomic E-state index is 12.5. The lowest BCUT2D eigenvalue weighted by Gasteiger charge is -2.12. The van der Waals surface area contributed by atoms with E-state index in [1.54, 1.807) is 6.92 Å². The molecule has 0 aliphatic rings. The maximum atomic E-state index is 12.5. The Kier molecular flexibility index (Phi) is 4.37. The van der Waals surface area contributed by atoms with Gasteiger partial charge in [-0.15, -0.1) is 0 Å². The molecule has 0 aliphatic carbocycles. The van der Waals surface area contributed by atoms with E-state index in [4.69, 9.17) is 4.74 Å². The van der Waals surface area contributed by atoms with Crippen molar-refractivity contribution in [2.24, 2.45) is 0 Å². The molecule has 0 spiro atoms. The minimum absolute atomic E-state index is 0.0106. The van der Waals surface area contributed by atoms with E-state index in [9.17, 15) is 13.6 Å². The number of pyridine rings is 1. The van der Waals surface area contributed by atoms with Crippen molar-refractivity contribution in [2.75, 3.05) is 6.61 Å². The molecule has 1 rings (SSSR count). The van der Waals surface area contributed by atoms with E-state index in [1.165, 1.54) is 12.1 Å². The summed E-state index contributed by atoms with van der Waals surface area (Å²) >= 11 is 0. The van der Waals surface area contributed by atoms with Crippen molar-refractivity contribution >= 4 is 5.97 Å². The van der Waals surface area contributed by atoms with E-state index < -0.39 is 12.1 Å². The Labute approximate surface area is 97.6 Å². The molecule has 4 nitrogen and oxygen atoms in total. The van der Waals surface area contributed by atoms with Gasteiger partial charge < -0.3 is 9.47 Å². The number of alkyl halides is 2. The molecule has 0 radical (unpaired) electrons. The Hall–Kier alpha value is -1.72. The van der Waals surface area contributed by atoms with Crippen LogP contribution in [0.3, 0.4) is 0 Å². The van der Waals surface area contributed by atoms with E-state index in [0.29, 0.717) is 19.2 Å². The van der Waals surface area contributed by atoms with Crippen molar-refractivity contribution in [2.45, 2.75) is 26.4 Å². The fourth-order valence-electron chi connectivity index (χ4n) is 1.14. The Morgan fingerprint density at radius 3 is 2.65 bits per heavy atom. The molecule has 0 saturated heterocycles. The van der Waals surface area contributed by atoms with Crippen LogP contribution in [-0.2, 0) is 16.0 Å². The number of rotatable bonds is 5. The fourth-order valence-corrected chi connectivity index (χ4v) is 1.14. The third-order valence-corrected chi connectivity index (χ3v) is 1.73. The fraction of sp³-hybridized carbons (Fsp3) is 0.455. The Balaban J connectivity index is 2.59. The number of hydrogen-bond donors (Lipinski definition) is 0.